The van der Waals surface area contributed by atoms with E-state index in [0.717, 1.165) is 48.0 Å². The Labute approximate surface area is 368 Å². The largest absolute Gasteiger partial charge is 0.103 e. The molecule has 58 heavy (non-hydrogen) atoms. The molecule has 0 aromatic heterocycles. The minimum Gasteiger partial charge on any atom is -0.103 e. The molecule has 4 rings (SSSR count). The van der Waals surface area contributed by atoms with Crippen molar-refractivity contribution in [1.29, 1.82) is 0 Å². The van der Waals surface area contributed by atoms with Gasteiger partial charge < -0.3 is 0 Å². The average molecular weight is 799 g/mol. The predicted molar refractivity (Wildman–Crippen MR) is 279 cm³/mol. The Hall–Kier alpha value is -3.38. The molecule has 1 fully saturated rings. The summed E-state index contributed by atoms with van der Waals surface area (Å²) in [5.74, 6) is 4.54. The summed E-state index contributed by atoms with van der Waals surface area (Å²) in [4.78, 5) is 0. The van der Waals surface area contributed by atoms with Gasteiger partial charge >= 0.3 is 0 Å². The molecule has 0 amide bonds. The van der Waals surface area contributed by atoms with Crippen LogP contribution in [-0.2, 0) is 0 Å². The highest BCUT2D eigenvalue weighted by molar-refractivity contribution is 5.21. The number of unbranched alkanes of at least 4 members (excludes halogenated alkanes) is 3. The molecule has 334 valence electrons. The average Bonchev–Trinajstić information content (AvgIpc) is 4.06. The van der Waals surface area contributed by atoms with Crippen molar-refractivity contribution in [1.82, 2.24) is 0 Å². The first kappa shape index (κ1) is 66.4. The van der Waals surface area contributed by atoms with Crippen LogP contribution in [0.3, 0.4) is 0 Å². The van der Waals surface area contributed by atoms with E-state index in [-0.39, 0.29) is 0 Å². The van der Waals surface area contributed by atoms with E-state index >= 15 is 0 Å². The van der Waals surface area contributed by atoms with Crippen LogP contribution in [0.4, 0.5) is 0 Å². The van der Waals surface area contributed by atoms with Crippen molar-refractivity contribution in [3.63, 3.8) is 0 Å². The summed E-state index contributed by atoms with van der Waals surface area (Å²) in [5.41, 5.74) is 3.65. The van der Waals surface area contributed by atoms with Crippen LogP contribution in [0.5, 0.6) is 0 Å². The van der Waals surface area contributed by atoms with Crippen molar-refractivity contribution in [2.45, 2.75) is 181 Å². The van der Waals surface area contributed by atoms with Gasteiger partial charge in [-0.05, 0) is 150 Å². The molecule has 0 aromatic carbocycles. The Morgan fingerprint density at radius 3 is 1.45 bits per heavy atom. The number of rotatable bonds is 10. The number of hydrogen-bond donors (Lipinski definition) is 0. The normalized spacial score (nSPS) is 17.7. The van der Waals surface area contributed by atoms with E-state index in [0.29, 0.717) is 0 Å². The first-order valence-electron chi connectivity index (χ1n) is 22.9. The van der Waals surface area contributed by atoms with Crippen LogP contribution in [0.1, 0.15) is 181 Å². The Bertz CT molecular complexity index is 1120. The Morgan fingerprint density at radius 1 is 0.707 bits per heavy atom. The van der Waals surface area contributed by atoms with Gasteiger partial charge in [-0.25, -0.2) is 0 Å². The van der Waals surface area contributed by atoms with E-state index < -0.39 is 0 Å². The molecular formula is C58H102. The lowest BCUT2D eigenvalue weighted by Crippen LogP contribution is -2.12. The molecule has 0 heteroatoms. The van der Waals surface area contributed by atoms with E-state index in [2.05, 4.69) is 174 Å². The van der Waals surface area contributed by atoms with Crippen LogP contribution in [0.2, 0.25) is 0 Å². The van der Waals surface area contributed by atoms with Crippen molar-refractivity contribution < 1.29 is 0 Å². The molecule has 0 nitrogen and oxygen atoms in total. The highest BCUT2D eigenvalue weighted by Gasteiger charge is 2.44. The smallest absolute Gasteiger partial charge is 0.0133 e. The van der Waals surface area contributed by atoms with Gasteiger partial charge in [0.1, 0.15) is 0 Å². The maximum absolute atomic E-state index is 3.67. The SMILES string of the molecule is C/C=C/C(C)C.C/C=C/CC.C/C=C/CCC.C1=CC2C3C=CC(C3)C2C1.C1=CCCC1.C=C(C)CC.C=C/C=C/C.C=CC(=C)C.C=CCCCC.CC=C(C)C. The number of hydrogen-bond acceptors (Lipinski definition) is 0. The molecule has 0 N–H and O–H groups in total. The molecule has 0 saturated heterocycles. The zero-order valence-electron chi connectivity index (χ0n) is 41.8. The standard InChI is InChI=1S/C10H12.3C6H12.C5H8.2C5H10.C5H8.C5H10.C5H8/c1-2-9-7-4-5-8(6-7)10(9)3-1;1-4-5-6(2)3;2*1-3-5-6-4-2;1-2-4-5-3-1;3*1-4-5(2)3;2*1-3-5-4-2/h1-2,4-5,7-10H,3,6H2;4-6H,1-3H3;3,5H,4,6H2,1-2H3;3H,1,4-6H2,2H3;1-2H,3-5H2;4H,1-3H3;2,4H2,1,3H3;4H,1-2H2,3H3;3,5H,4H2,1-2H3;3-5H,1H2,2H3/b;5-4+;5-3+;;;;;;5-3+;5-4+. The monoisotopic (exact) mass is 799 g/mol. The van der Waals surface area contributed by atoms with Gasteiger partial charge in [-0.2, -0.15) is 0 Å². The van der Waals surface area contributed by atoms with Crippen molar-refractivity contribution in [2.24, 2.45) is 29.6 Å². The summed E-state index contributed by atoms with van der Waals surface area (Å²) in [6.07, 6.45) is 53.6. The van der Waals surface area contributed by atoms with E-state index in [1.54, 1.807) is 12.2 Å². The maximum Gasteiger partial charge on any atom is -0.0133 e. The molecule has 0 aromatic rings. The van der Waals surface area contributed by atoms with Crippen molar-refractivity contribution in [3.05, 3.63) is 159 Å². The van der Waals surface area contributed by atoms with Gasteiger partial charge in [0.15, 0.2) is 0 Å². The molecule has 0 radical (unpaired) electrons. The van der Waals surface area contributed by atoms with Crippen LogP contribution in [-0.4, -0.2) is 0 Å². The van der Waals surface area contributed by atoms with E-state index in [4.69, 9.17) is 0 Å². The lowest BCUT2D eigenvalue weighted by atomic mass is 9.86. The fourth-order valence-electron chi connectivity index (χ4n) is 5.00. The van der Waals surface area contributed by atoms with Crippen LogP contribution < -0.4 is 0 Å². The zero-order valence-corrected chi connectivity index (χ0v) is 41.8. The summed E-state index contributed by atoms with van der Waals surface area (Å²) in [6, 6.07) is 0. The van der Waals surface area contributed by atoms with Crippen LogP contribution >= 0.6 is 0 Å². The third-order valence-electron chi connectivity index (χ3n) is 8.72. The molecule has 1 saturated carbocycles. The molecule has 4 aliphatic carbocycles. The van der Waals surface area contributed by atoms with Gasteiger partial charge in [-0.1, -0.05) is 207 Å². The molecule has 0 aliphatic heterocycles. The number of allylic oxidation sites excluding steroid dienone is 21. The second kappa shape index (κ2) is 57.9. The third kappa shape index (κ3) is 61.8. The van der Waals surface area contributed by atoms with Crippen LogP contribution in [0.15, 0.2) is 159 Å². The van der Waals surface area contributed by atoms with Gasteiger partial charge in [0.2, 0.25) is 0 Å². The minimum absolute atomic E-state index is 0.718. The lowest BCUT2D eigenvalue weighted by Gasteiger charge is -2.18. The molecule has 4 unspecified atom stereocenters. The highest BCUT2D eigenvalue weighted by Crippen LogP contribution is 2.52. The van der Waals surface area contributed by atoms with E-state index in [1.807, 2.05) is 59.8 Å². The fraction of sp³-hybridized carbons (Fsp3) is 0.552. The van der Waals surface area contributed by atoms with Crippen molar-refractivity contribution in [2.75, 3.05) is 0 Å². The first-order chi connectivity index (χ1) is 27.7. The first-order valence-corrected chi connectivity index (χ1v) is 22.9. The lowest BCUT2D eigenvalue weighted by molar-refractivity contribution is 0.398. The second-order valence-electron chi connectivity index (χ2n) is 15.3. The van der Waals surface area contributed by atoms with Crippen molar-refractivity contribution in [3.8, 4) is 0 Å². The summed E-state index contributed by atoms with van der Waals surface area (Å²) >= 11 is 0. The molecule has 2 bridgehead atoms. The summed E-state index contributed by atoms with van der Waals surface area (Å²) in [5, 5.41) is 0. The Morgan fingerprint density at radius 2 is 1.24 bits per heavy atom. The Balaban J connectivity index is -0.000000131. The zero-order chi connectivity index (χ0) is 45.8. The highest BCUT2D eigenvalue weighted by atomic mass is 14.5. The van der Waals surface area contributed by atoms with Gasteiger partial charge in [0, 0.05) is 0 Å². The van der Waals surface area contributed by atoms with Crippen molar-refractivity contribution >= 4 is 0 Å². The summed E-state index contributed by atoms with van der Waals surface area (Å²) < 4.78 is 0. The van der Waals surface area contributed by atoms with Crippen LogP contribution in [0.25, 0.3) is 0 Å². The molecule has 4 aliphatic rings. The molecule has 0 spiro atoms. The van der Waals surface area contributed by atoms with Crippen LogP contribution in [0, 0.1) is 29.6 Å². The van der Waals surface area contributed by atoms with Gasteiger partial charge in [0.25, 0.3) is 0 Å². The second-order valence-corrected chi connectivity index (χ2v) is 15.3. The molecule has 0 heterocycles. The summed E-state index contributed by atoms with van der Waals surface area (Å²) in [7, 11) is 0. The van der Waals surface area contributed by atoms with E-state index in [9.17, 15) is 0 Å². The van der Waals surface area contributed by atoms with E-state index in [1.165, 1.54) is 75.4 Å². The van der Waals surface area contributed by atoms with Gasteiger partial charge in [-0.3, -0.25) is 0 Å². The molecule has 4 atom stereocenters. The topological polar surface area (TPSA) is 0 Å². The summed E-state index contributed by atoms with van der Waals surface area (Å²) in [6.45, 7) is 48.9. The molecular weight excluding hydrogens is 697 g/mol. The van der Waals surface area contributed by atoms with Gasteiger partial charge in [-0.15, -0.1) is 13.2 Å². The fourth-order valence-corrected chi connectivity index (χ4v) is 5.00. The predicted octanol–water partition coefficient (Wildman–Crippen LogP) is 20.5. The maximum atomic E-state index is 3.67. The van der Waals surface area contributed by atoms with Gasteiger partial charge in [0.05, 0.1) is 0 Å². The quantitative estimate of drug-likeness (QED) is 0.117. The Kier molecular flexibility index (Phi) is 66.4. The minimum atomic E-state index is 0.718. The third-order valence-corrected chi connectivity index (χ3v) is 8.72. The number of fused-ring (bicyclic) bond motifs is 5.